The highest BCUT2D eigenvalue weighted by atomic mass is 16.4. The summed E-state index contributed by atoms with van der Waals surface area (Å²) in [5, 5.41) is 31.6. The molecule has 3 N–H and O–H groups in total. The summed E-state index contributed by atoms with van der Waals surface area (Å²) in [7, 11) is 0. The van der Waals surface area contributed by atoms with E-state index in [9.17, 15) is 39.3 Å². The van der Waals surface area contributed by atoms with E-state index >= 15 is 0 Å². The van der Waals surface area contributed by atoms with Crippen LogP contribution in [0.5, 0.6) is 0 Å². The lowest BCUT2D eigenvalue weighted by Crippen LogP contribution is -2.64. The number of allylic oxidation sites excluding steroid dienone is 1. The third kappa shape index (κ3) is 3.58. The van der Waals surface area contributed by atoms with Crippen LogP contribution in [-0.2, 0) is 24.0 Å². The lowest BCUT2D eigenvalue weighted by molar-refractivity contribution is -0.159. The van der Waals surface area contributed by atoms with Crippen molar-refractivity contribution in [2.75, 3.05) is 0 Å². The summed E-state index contributed by atoms with van der Waals surface area (Å²) in [6, 6.07) is 0. The molecule has 0 aliphatic heterocycles. The normalized spacial score (nSPS) is 41.8. The molecule has 8 heteroatoms. The number of carbonyl (C=O) groups excluding carboxylic acids is 4. The first-order valence-electron chi connectivity index (χ1n) is 13.8. The first-order chi connectivity index (χ1) is 17.4. The van der Waals surface area contributed by atoms with E-state index in [0.717, 1.165) is 0 Å². The predicted molar refractivity (Wildman–Crippen MR) is 138 cm³/mol. The summed E-state index contributed by atoms with van der Waals surface area (Å²) in [5.41, 5.74) is -3.58. The molecule has 0 amide bonds. The summed E-state index contributed by atoms with van der Waals surface area (Å²) in [4.78, 5) is 65.8. The van der Waals surface area contributed by atoms with E-state index < -0.39 is 63.4 Å². The molecule has 0 aromatic carbocycles. The summed E-state index contributed by atoms with van der Waals surface area (Å²) >= 11 is 0. The van der Waals surface area contributed by atoms with Gasteiger partial charge in [0, 0.05) is 47.7 Å². The zero-order valence-corrected chi connectivity index (χ0v) is 23.6. The Balaban J connectivity index is 1.80. The van der Waals surface area contributed by atoms with Gasteiger partial charge in [0.1, 0.15) is 17.7 Å². The van der Waals surface area contributed by atoms with Gasteiger partial charge in [-0.25, -0.2) is 0 Å². The molecule has 38 heavy (non-hydrogen) atoms. The van der Waals surface area contributed by atoms with E-state index in [0.29, 0.717) is 12.8 Å². The largest absolute Gasteiger partial charge is 0.481 e. The van der Waals surface area contributed by atoms with Crippen molar-refractivity contribution in [3.63, 3.8) is 0 Å². The average Bonchev–Trinajstić information content (AvgIpc) is 3.03. The number of aliphatic hydroxyl groups is 2. The maximum atomic E-state index is 14.1. The molecule has 0 aromatic rings. The van der Waals surface area contributed by atoms with Crippen molar-refractivity contribution in [1.82, 2.24) is 0 Å². The monoisotopic (exact) mass is 530 g/mol. The Labute approximate surface area is 224 Å². The van der Waals surface area contributed by atoms with Gasteiger partial charge in [0.05, 0.1) is 17.4 Å². The van der Waals surface area contributed by atoms with E-state index in [1.165, 1.54) is 6.92 Å². The Bertz CT molecular complexity index is 1150. The van der Waals surface area contributed by atoms with Gasteiger partial charge in [0.2, 0.25) is 0 Å². The lowest BCUT2D eigenvalue weighted by Gasteiger charge is -2.60. The van der Waals surface area contributed by atoms with Gasteiger partial charge in [-0.1, -0.05) is 41.5 Å². The minimum Gasteiger partial charge on any atom is -0.481 e. The number of carboxylic acids is 1. The Morgan fingerprint density at radius 3 is 2.13 bits per heavy atom. The first-order valence-corrected chi connectivity index (χ1v) is 13.8. The molecule has 0 saturated heterocycles. The molecule has 2 saturated carbocycles. The quantitative estimate of drug-likeness (QED) is 0.474. The molecule has 9 atom stereocenters. The fourth-order valence-electron chi connectivity index (χ4n) is 8.86. The number of ketones is 4. The zero-order valence-electron chi connectivity index (χ0n) is 23.6. The van der Waals surface area contributed by atoms with E-state index in [4.69, 9.17) is 0 Å². The fourth-order valence-corrected chi connectivity index (χ4v) is 8.86. The van der Waals surface area contributed by atoms with Crippen molar-refractivity contribution >= 4 is 29.1 Å². The number of rotatable bonds is 6. The lowest BCUT2D eigenvalue weighted by atomic mass is 9.42. The molecule has 0 aromatic heterocycles. The molecule has 4 aliphatic carbocycles. The van der Waals surface area contributed by atoms with Crippen LogP contribution in [0.2, 0.25) is 0 Å². The number of carboxylic acid groups (broad SMARTS) is 1. The SMILES string of the molecule is CC(CC(=O)CC(C)C1CC(=O)C2(C)C3=C(C(=O)C(O)C12C)C1(C)CCC(O)C(C)(C)C1CC3=O)C(=O)O. The molecule has 0 radical (unpaired) electrons. The van der Waals surface area contributed by atoms with Crippen LogP contribution in [0.25, 0.3) is 0 Å². The van der Waals surface area contributed by atoms with E-state index in [2.05, 4.69) is 0 Å². The summed E-state index contributed by atoms with van der Waals surface area (Å²) < 4.78 is 0. The Morgan fingerprint density at radius 2 is 1.55 bits per heavy atom. The number of carbonyl (C=O) groups is 5. The van der Waals surface area contributed by atoms with E-state index in [1.54, 1.807) is 20.8 Å². The summed E-state index contributed by atoms with van der Waals surface area (Å²) in [6.07, 6.45) is -1.20. The van der Waals surface area contributed by atoms with Crippen LogP contribution >= 0.6 is 0 Å². The number of Topliss-reactive ketones (excluding diaryl/α,β-unsaturated/α-hetero) is 4. The third-order valence-electron chi connectivity index (χ3n) is 11.5. The summed E-state index contributed by atoms with van der Waals surface area (Å²) in [6.45, 7) is 12.4. The predicted octanol–water partition coefficient (Wildman–Crippen LogP) is 3.31. The maximum absolute atomic E-state index is 14.1. The van der Waals surface area contributed by atoms with Crippen LogP contribution in [0.15, 0.2) is 11.1 Å². The van der Waals surface area contributed by atoms with Gasteiger partial charge in [-0.05, 0) is 42.9 Å². The van der Waals surface area contributed by atoms with Crippen LogP contribution in [-0.4, -0.2) is 56.6 Å². The molecule has 4 rings (SSSR count). The van der Waals surface area contributed by atoms with Gasteiger partial charge in [-0.3, -0.25) is 24.0 Å². The molecule has 2 fully saturated rings. The van der Waals surface area contributed by atoms with Gasteiger partial charge < -0.3 is 15.3 Å². The number of hydrogen-bond donors (Lipinski definition) is 3. The highest BCUT2D eigenvalue weighted by molar-refractivity contribution is 6.17. The van der Waals surface area contributed by atoms with Gasteiger partial charge in [-0.2, -0.15) is 0 Å². The molecular weight excluding hydrogens is 488 g/mol. The molecule has 4 aliphatic rings. The number of fused-ring (bicyclic) bond motifs is 4. The molecule has 210 valence electrons. The van der Waals surface area contributed by atoms with Crippen molar-refractivity contribution in [2.45, 2.75) is 99.2 Å². The van der Waals surface area contributed by atoms with Crippen LogP contribution < -0.4 is 0 Å². The average molecular weight is 531 g/mol. The number of aliphatic carboxylic acids is 1. The fraction of sp³-hybridized carbons (Fsp3) is 0.767. The number of aliphatic hydroxyl groups excluding tert-OH is 2. The van der Waals surface area contributed by atoms with Crippen LogP contribution in [0.3, 0.4) is 0 Å². The van der Waals surface area contributed by atoms with Gasteiger partial charge in [0.15, 0.2) is 11.6 Å². The Hall–Kier alpha value is -2.19. The van der Waals surface area contributed by atoms with Crippen LogP contribution in [0, 0.1) is 45.3 Å². The van der Waals surface area contributed by atoms with Crippen LogP contribution in [0.4, 0.5) is 0 Å². The maximum Gasteiger partial charge on any atom is 0.306 e. The molecule has 9 unspecified atom stereocenters. The first kappa shape index (κ1) is 28.8. The molecule has 0 heterocycles. The van der Waals surface area contributed by atoms with Crippen molar-refractivity contribution in [1.29, 1.82) is 0 Å². The minimum absolute atomic E-state index is 0.0217. The van der Waals surface area contributed by atoms with E-state index in [1.807, 2.05) is 20.8 Å². The van der Waals surface area contributed by atoms with Gasteiger partial charge in [-0.15, -0.1) is 0 Å². The molecule has 0 bridgehead atoms. The minimum atomic E-state index is -1.53. The van der Waals surface area contributed by atoms with Crippen molar-refractivity contribution in [3.05, 3.63) is 11.1 Å². The highest BCUT2D eigenvalue weighted by Gasteiger charge is 2.73. The Morgan fingerprint density at radius 1 is 0.947 bits per heavy atom. The zero-order chi connectivity index (χ0) is 28.7. The molecule has 0 spiro atoms. The van der Waals surface area contributed by atoms with Crippen molar-refractivity contribution in [3.8, 4) is 0 Å². The van der Waals surface area contributed by atoms with Crippen molar-refractivity contribution < 1.29 is 39.3 Å². The molecule has 8 nitrogen and oxygen atoms in total. The highest BCUT2D eigenvalue weighted by Crippen LogP contribution is 2.70. The second-order valence-corrected chi connectivity index (χ2v) is 13.8. The van der Waals surface area contributed by atoms with Gasteiger partial charge >= 0.3 is 5.97 Å². The second kappa shape index (κ2) is 8.91. The smallest absolute Gasteiger partial charge is 0.306 e. The summed E-state index contributed by atoms with van der Waals surface area (Å²) in [5.74, 6) is -4.41. The van der Waals surface area contributed by atoms with Crippen LogP contribution in [0.1, 0.15) is 87.0 Å². The third-order valence-corrected chi connectivity index (χ3v) is 11.5. The van der Waals surface area contributed by atoms with Gasteiger partial charge in [0.25, 0.3) is 0 Å². The Kier molecular flexibility index (Phi) is 6.76. The molecular formula is C30H42O8. The topological polar surface area (TPSA) is 146 Å². The van der Waals surface area contributed by atoms with Crippen molar-refractivity contribution in [2.24, 2.45) is 45.3 Å². The van der Waals surface area contributed by atoms with E-state index in [-0.39, 0.29) is 60.1 Å². The number of hydrogen-bond acceptors (Lipinski definition) is 7. The second-order valence-electron chi connectivity index (χ2n) is 13.8. The standard InChI is InChI=1S/C30H42O8/c1-14(10-16(31)11-15(2)26(37)38)17-12-21(34)30(7)22-18(32)13-19-27(3,4)20(33)8-9-28(19,5)23(22)24(35)25(36)29(17,30)6/h14-15,17,19-20,25,33,36H,8-13H2,1-7H3,(H,37,38).